The first kappa shape index (κ1) is 27.9. The topological polar surface area (TPSA) is 63.1 Å². The lowest BCUT2D eigenvalue weighted by molar-refractivity contribution is -0.907. The summed E-state index contributed by atoms with van der Waals surface area (Å²) >= 11 is 6.04. The Kier molecular flexibility index (Phi) is 9.19. The van der Waals surface area contributed by atoms with Crippen molar-refractivity contribution in [1.29, 1.82) is 0 Å². The summed E-state index contributed by atoms with van der Waals surface area (Å²) in [5, 5.41) is 3.70. The summed E-state index contributed by atoms with van der Waals surface area (Å²) in [6, 6.07) is 23.0. The fourth-order valence-electron chi connectivity index (χ4n) is 5.54. The van der Waals surface area contributed by atoms with E-state index in [4.69, 9.17) is 16.3 Å². The van der Waals surface area contributed by atoms with Gasteiger partial charge >= 0.3 is 0 Å². The van der Waals surface area contributed by atoms with Crippen molar-refractivity contribution in [3.05, 3.63) is 100 Å². The number of carbonyl (C=O) groups excluding carboxylic acids is 2. The van der Waals surface area contributed by atoms with Crippen LogP contribution in [0.25, 0.3) is 6.08 Å². The van der Waals surface area contributed by atoms with E-state index < -0.39 is 0 Å². The predicted octanol–water partition coefficient (Wildman–Crippen LogP) is 5.27. The lowest BCUT2D eigenvalue weighted by Gasteiger charge is -2.30. The van der Waals surface area contributed by atoms with E-state index in [1.54, 1.807) is 28.0 Å². The van der Waals surface area contributed by atoms with Crippen LogP contribution in [0.15, 0.2) is 78.6 Å². The second kappa shape index (κ2) is 13.2. The Labute approximate surface area is 241 Å². The zero-order valence-electron chi connectivity index (χ0n) is 23.0. The Morgan fingerprint density at radius 2 is 1.75 bits per heavy atom. The minimum absolute atomic E-state index is 0.0809. The van der Waals surface area contributed by atoms with Gasteiger partial charge in [0.25, 0.3) is 11.8 Å². The van der Waals surface area contributed by atoms with Crippen LogP contribution in [-0.2, 0) is 11.3 Å². The second-order valence-corrected chi connectivity index (χ2v) is 11.2. The van der Waals surface area contributed by atoms with Crippen molar-refractivity contribution in [3.8, 4) is 5.75 Å². The molecule has 40 heavy (non-hydrogen) atoms. The molecule has 3 aromatic rings. The SMILES string of the molecule is C[NH+](CCCNC(=O)c1ccc(C=C2Oc3ccccc3N(Cc3ccc(Cl)cc3)C2=O)cc1)C1CCCCC1. The highest BCUT2D eigenvalue weighted by atomic mass is 35.5. The molecule has 7 heteroatoms. The number of fused-ring (bicyclic) bond motifs is 1. The minimum atomic E-state index is -0.226. The van der Waals surface area contributed by atoms with Crippen LogP contribution in [0.5, 0.6) is 5.75 Å². The summed E-state index contributed by atoms with van der Waals surface area (Å²) in [7, 11) is 2.28. The maximum atomic E-state index is 13.5. The summed E-state index contributed by atoms with van der Waals surface area (Å²) in [5.41, 5.74) is 3.06. The molecule has 1 heterocycles. The van der Waals surface area contributed by atoms with Crippen LogP contribution in [-0.4, -0.2) is 38.0 Å². The molecule has 3 aromatic carbocycles. The molecular formula is C33H37ClN3O3+. The number of anilines is 1. The van der Waals surface area contributed by atoms with Gasteiger partial charge < -0.3 is 15.0 Å². The smallest absolute Gasteiger partial charge is 0.294 e. The highest BCUT2D eigenvalue weighted by Gasteiger charge is 2.30. The third kappa shape index (κ3) is 6.93. The largest absolute Gasteiger partial charge is 0.449 e. The first-order valence-electron chi connectivity index (χ1n) is 14.2. The molecule has 2 amide bonds. The van der Waals surface area contributed by atoms with Gasteiger partial charge in [-0.05, 0) is 79.3 Å². The Bertz CT molecular complexity index is 1350. The summed E-state index contributed by atoms with van der Waals surface area (Å²) < 4.78 is 6.01. The molecule has 1 atom stereocenters. The van der Waals surface area contributed by atoms with Crippen molar-refractivity contribution in [3.63, 3.8) is 0 Å². The lowest BCUT2D eigenvalue weighted by Crippen LogP contribution is -3.13. The third-order valence-corrected chi connectivity index (χ3v) is 8.14. The molecular weight excluding hydrogens is 522 g/mol. The van der Waals surface area contributed by atoms with Crippen LogP contribution in [0.2, 0.25) is 5.02 Å². The van der Waals surface area contributed by atoms with Gasteiger partial charge in [0.1, 0.15) is 0 Å². The number of halogens is 1. The predicted molar refractivity (Wildman–Crippen MR) is 160 cm³/mol. The van der Waals surface area contributed by atoms with Gasteiger partial charge in [-0.25, -0.2) is 0 Å². The standard InChI is InChI=1S/C33H36ClN3O3/c1-36(28-8-3-2-4-9-28)21-7-20-35-32(38)26-16-12-24(13-17-26)22-31-33(39)37(23-25-14-18-27(34)19-15-25)29-10-5-6-11-30(29)40-31/h5-6,10-19,22,28H,2-4,7-9,20-21,23H2,1H3,(H,35,38)/p+1. The van der Waals surface area contributed by atoms with E-state index in [-0.39, 0.29) is 17.6 Å². The summed E-state index contributed by atoms with van der Waals surface area (Å²) in [5.74, 6) is 0.544. The molecule has 2 aliphatic rings. The molecule has 1 unspecified atom stereocenters. The number of amides is 2. The lowest BCUT2D eigenvalue weighted by atomic mass is 9.94. The highest BCUT2D eigenvalue weighted by Crippen LogP contribution is 2.36. The van der Waals surface area contributed by atoms with Crippen LogP contribution in [0, 0.1) is 0 Å². The van der Waals surface area contributed by atoms with Crippen molar-refractivity contribution in [2.75, 3.05) is 25.0 Å². The Hall–Kier alpha value is -3.61. The summed E-state index contributed by atoms with van der Waals surface area (Å²) in [4.78, 5) is 29.5. The molecule has 0 radical (unpaired) electrons. The van der Waals surface area contributed by atoms with E-state index in [0.717, 1.165) is 35.8 Å². The van der Waals surface area contributed by atoms with Crippen LogP contribution < -0.4 is 19.9 Å². The van der Waals surface area contributed by atoms with Crippen molar-refractivity contribution in [2.45, 2.75) is 51.1 Å². The molecule has 0 aromatic heterocycles. The normalized spacial score (nSPS) is 17.3. The molecule has 6 nitrogen and oxygen atoms in total. The molecule has 208 valence electrons. The zero-order chi connectivity index (χ0) is 27.9. The van der Waals surface area contributed by atoms with E-state index in [1.165, 1.54) is 32.1 Å². The monoisotopic (exact) mass is 558 g/mol. The van der Waals surface area contributed by atoms with Gasteiger partial charge in [-0.2, -0.15) is 0 Å². The maximum Gasteiger partial charge on any atom is 0.294 e. The molecule has 5 rings (SSSR count). The number of nitrogens with zero attached hydrogens (tertiary/aromatic N) is 1. The van der Waals surface area contributed by atoms with Gasteiger partial charge in [0.05, 0.1) is 31.9 Å². The summed E-state index contributed by atoms with van der Waals surface area (Å²) in [6.45, 7) is 2.13. The van der Waals surface area contributed by atoms with Gasteiger partial charge in [-0.1, -0.05) is 54.4 Å². The Morgan fingerprint density at radius 3 is 2.50 bits per heavy atom. The minimum Gasteiger partial charge on any atom is -0.449 e. The van der Waals surface area contributed by atoms with E-state index >= 15 is 0 Å². The average molecular weight is 559 g/mol. The van der Waals surface area contributed by atoms with Crippen molar-refractivity contribution in [2.24, 2.45) is 0 Å². The molecule has 1 fully saturated rings. The maximum absolute atomic E-state index is 13.5. The van der Waals surface area contributed by atoms with Crippen LogP contribution in [0.1, 0.15) is 60.0 Å². The molecule has 1 saturated carbocycles. The van der Waals surface area contributed by atoms with Crippen molar-refractivity contribution >= 4 is 35.2 Å². The summed E-state index contributed by atoms with van der Waals surface area (Å²) in [6.07, 6.45) is 9.40. The van der Waals surface area contributed by atoms with Gasteiger partial charge in [0.2, 0.25) is 0 Å². The third-order valence-electron chi connectivity index (χ3n) is 7.89. The number of hydrogen-bond acceptors (Lipinski definition) is 3. The Morgan fingerprint density at radius 1 is 1.02 bits per heavy atom. The first-order valence-corrected chi connectivity index (χ1v) is 14.6. The van der Waals surface area contributed by atoms with Crippen molar-refractivity contribution < 1.29 is 19.2 Å². The highest BCUT2D eigenvalue weighted by molar-refractivity contribution is 6.30. The van der Waals surface area contributed by atoms with Crippen LogP contribution in [0.3, 0.4) is 0 Å². The van der Waals surface area contributed by atoms with Crippen molar-refractivity contribution in [1.82, 2.24) is 5.32 Å². The number of nitrogens with one attached hydrogen (secondary N) is 2. The molecule has 1 aliphatic heterocycles. The number of benzene rings is 3. The van der Waals surface area contributed by atoms with Gasteiger partial charge in [-0.15, -0.1) is 0 Å². The van der Waals surface area contributed by atoms with Gasteiger partial charge in [-0.3, -0.25) is 14.5 Å². The number of rotatable bonds is 9. The zero-order valence-corrected chi connectivity index (χ0v) is 23.8. The molecule has 0 saturated heterocycles. The number of quaternary nitrogens is 1. The molecule has 1 aliphatic carbocycles. The first-order chi connectivity index (χ1) is 19.5. The van der Waals surface area contributed by atoms with Crippen LogP contribution in [0.4, 0.5) is 5.69 Å². The van der Waals surface area contributed by atoms with E-state index in [9.17, 15) is 9.59 Å². The number of carbonyl (C=O) groups is 2. The fraction of sp³-hybridized carbons (Fsp3) is 0.333. The van der Waals surface area contributed by atoms with Crippen LogP contribution >= 0.6 is 11.6 Å². The number of para-hydroxylation sites is 2. The second-order valence-electron chi connectivity index (χ2n) is 10.8. The number of ether oxygens (including phenoxy) is 1. The molecule has 2 N–H and O–H groups in total. The van der Waals surface area contributed by atoms with E-state index in [2.05, 4.69) is 12.4 Å². The van der Waals surface area contributed by atoms with Gasteiger partial charge in [0, 0.05) is 23.6 Å². The quantitative estimate of drug-likeness (QED) is 0.278. The molecule has 0 spiro atoms. The van der Waals surface area contributed by atoms with Gasteiger partial charge in [0.15, 0.2) is 11.5 Å². The van der Waals surface area contributed by atoms with E-state index in [1.807, 2.05) is 60.7 Å². The fourth-order valence-corrected chi connectivity index (χ4v) is 5.67. The Balaban J connectivity index is 1.20. The molecule has 0 bridgehead atoms. The average Bonchev–Trinajstić information content (AvgIpc) is 2.99. The number of hydrogen-bond donors (Lipinski definition) is 2. The van der Waals surface area contributed by atoms with E-state index in [0.29, 0.717) is 29.4 Å².